The largest absolute Gasteiger partial charge is 0.488 e. The van der Waals surface area contributed by atoms with Gasteiger partial charge in [-0.15, -0.1) is 0 Å². The minimum Gasteiger partial charge on any atom is -0.488 e. The Morgan fingerprint density at radius 1 is 1.32 bits per heavy atom. The molecule has 0 saturated carbocycles. The summed E-state index contributed by atoms with van der Waals surface area (Å²) in [5.74, 6) is 1.07. The predicted octanol–water partition coefficient (Wildman–Crippen LogP) is 3.50. The molecule has 0 saturated heterocycles. The molecule has 1 N–H and O–H groups in total. The van der Waals surface area contributed by atoms with Gasteiger partial charge in [-0.2, -0.15) is 11.8 Å². The molecule has 0 spiro atoms. The molecular formula is C16H25NOS. The lowest BCUT2D eigenvalue weighted by Crippen LogP contribution is -2.40. The highest BCUT2D eigenvalue weighted by molar-refractivity contribution is 8.00. The van der Waals surface area contributed by atoms with Gasteiger partial charge in [0, 0.05) is 24.3 Å². The third-order valence-electron chi connectivity index (χ3n) is 4.25. The quantitative estimate of drug-likeness (QED) is 0.825. The van der Waals surface area contributed by atoms with E-state index in [1.54, 1.807) is 0 Å². The number of rotatable bonds is 7. The summed E-state index contributed by atoms with van der Waals surface area (Å²) >= 11 is 1.98. The normalized spacial score (nSPS) is 18.2. The average Bonchev–Trinajstić information content (AvgIpc) is 2.87. The first kappa shape index (κ1) is 14.7. The third kappa shape index (κ3) is 3.46. The second-order valence-electron chi connectivity index (χ2n) is 5.28. The zero-order chi connectivity index (χ0) is 13.7. The molecule has 0 aromatic heterocycles. The highest BCUT2D eigenvalue weighted by atomic mass is 32.2. The maximum atomic E-state index is 5.95. The fourth-order valence-corrected chi connectivity index (χ4v) is 3.51. The second-order valence-corrected chi connectivity index (χ2v) is 6.55. The zero-order valence-corrected chi connectivity index (χ0v) is 13.1. The van der Waals surface area contributed by atoms with Gasteiger partial charge in [0.05, 0.1) is 0 Å². The van der Waals surface area contributed by atoms with Gasteiger partial charge in [-0.1, -0.05) is 32.0 Å². The lowest BCUT2D eigenvalue weighted by atomic mass is 10.0. The van der Waals surface area contributed by atoms with Crippen LogP contribution in [0, 0.1) is 0 Å². The van der Waals surface area contributed by atoms with Crippen molar-refractivity contribution in [1.82, 2.24) is 5.32 Å². The van der Waals surface area contributed by atoms with Crippen molar-refractivity contribution in [3.63, 3.8) is 0 Å². The Morgan fingerprint density at radius 2 is 2.05 bits per heavy atom. The lowest BCUT2D eigenvalue weighted by Gasteiger charge is -2.30. The van der Waals surface area contributed by atoms with Gasteiger partial charge in [-0.3, -0.25) is 0 Å². The van der Waals surface area contributed by atoms with E-state index in [1.807, 2.05) is 17.8 Å². The van der Waals surface area contributed by atoms with Gasteiger partial charge in [0.25, 0.3) is 0 Å². The Balaban J connectivity index is 1.79. The summed E-state index contributed by atoms with van der Waals surface area (Å²) in [5, 5.41) is 3.61. The summed E-state index contributed by atoms with van der Waals surface area (Å²) in [5.41, 5.74) is 1.34. The predicted molar refractivity (Wildman–Crippen MR) is 84.3 cm³/mol. The highest BCUT2D eigenvalue weighted by Gasteiger charge is 2.26. The molecule has 1 atom stereocenters. The molecule has 19 heavy (non-hydrogen) atoms. The molecule has 0 fully saturated rings. The van der Waals surface area contributed by atoms with Gasteiger partial charge in [0.15, 0.2) is 0 Å². The minimum atomic E-state index is 0.297. The van der Waals surface area contributed by atoms with Crippen molar-refractivity contribution < 1.29 is 4.74 Å². The van der Waals surface area contributed by atoms with E-state index in [1.165, 1.54) is 18.4 Å². The number of hydrogen-bond donors (Lipinski definition) is 1. The van der Waals surface area contributed by atoms with E-state index in [0.29, 0.717) is 10.9 Å². The van der Waals surface area contributed by atoms with Crippen LogP contribution in [0.5, 0.6) is 5.75 Å². The van der Waals surface area contributed by atoms with E-state index in [4.69, 9.17) is 4.74 Å². The van der Waals surface area contributed by atoms with Crippen LogP contribution < -0.4 is 10.1 Å². The van der Waals surface area contributed by atoms with E-state index >= 15 is 0 Å². The van der Waals surface area contributed by atoms with Gasteiger partial charge in [0.1, 0.15) is 11.9 Å². The first-order valence-corrected chi connectivity index (χ1v) is 8.46. The number of ether oxygens (including phenoxy) is 1. The first-order valence-electron chi connectivity index (χ1n) is 7.23. The van der Waals surface area contributed by atoms with E-state index in [2.05, 4.69) is 43.6 Å². The maximum Gasteiger partial charge on any atom is 0.123 e. The highest BCUT2D eigenvalue weighted by Crippen LogP contribution is 2.30. The van der Waals surface area contributed by atoms with E-state index < -0.39 is 0 Å². The van der Waals surface area contributed by atoms with Crippen LogP contribution in [0.15, 0.2) is 24.3 Å². The standard InChI is InChI=1S/C16H25NOS/c1-4-16(5-2,19-3)12-17-11-14-10-13-8-6-7-9-15(13)18-14/h6-9,14,17H,4-5,10-12H2,1-3H3. The van der Waals surface area contributed by atoms with Gasteiger partial charge in [-0.05, 0) is 30.7 Å². The van der Waals surface area contributed by atoms with Crippen LogP contribution in [-0.4, -0.2) is 30.2 Å². The molecule has 2 nitrogen and oxygen atoms in total. The van der Waals surface area contributed by atoms with Crippen LogP contribution in [0.4, 0.5) is 0 Å². The number of fused-ring (bicyclic) bond motifs is 1. The number of benzene rings is 1. The fraction of sp³-hybridized carbons (Fsp3) is 0.625. The van der Waals surface area contributed by atoms with Crippen molar-refractivity contribution in [2.24, 2.45) is 0 Å². The molecule has 1 aliphatic heterocycles. The topological polar surface area (TPSA) is 21.3 Å². The van der Waals surface area contributed by atoms with Gasteiger partial charge in [-0.25, -0.2) is 0 Å². The monoisotopic (exact) mass is 279 g/mol. The Morgan fingerprint density at radius 3 is 2.68 bits per heavy atom. The van der Waals surface area contributed by atoms with Crippen molar-refractivity contribution >= 4 is 11.8 Å². The summed E-state index contributed by atoms with van der Waals surface area (Å²) in [7, 11) is 0. The van der Waals surface area contributed by atoms with Gasteiger partial charge in [0.2, 0.25) is 0 Å². The molecule has 1 unspecified atom stereocenters. The zero-order valence-electron chi connectivity index (χ0n) is 12.2. The number of hydrogen-bond acceptors (Lipinski definition) is 3. The van der Waals surface area contributed by atoms with Crippen LogP contribution in [0.25, 0.3) is 0 Å². The van der Waals surface area contributed by atoms with E-state index in [9.17, 15) is 0 Å². The summed E-state index contributed by atoms with van der Waals surface area (Å²) < 4.78 is 6.33. The molecule has 0 amide bonds. The molecular weight excluding hydrogens is 254 g/mol. The lowest BCUT2D eigenvalue weighted by molar-refractivity contribution is 0.225. The van der Waals surface area contributed by atoms with Crippen molar-refractivity contribution in [2.75, 3.05) is 19.3 Å². The summed E-state index contributed by atoms with van der Waals surface area (Å²) in [4.78, 5) is 0. The number of thioether (sulfide) groups is 1. The number of para-hydroxylation sites is 1. The van der Waals surface area contributed by atoms with Crippen LogP contribution in [-0.2, 0) is 6.42 Å². The van der Waals surface area contributed by atoms with Gasteiger partial charge < -0.3 is 10.1 Å². The Hall–Kier alpha value is -0.670. The molecule has 1 heterocycles. The molecule has 1 aromatic rings. The summed E-state index contributed by atoms with van der Waals surface area (Å²) in [6.07, 6.45) is 5.97. The first-order chi connectivity index (χ1) is 9.23. The van der Waals surface area contributed by atoms with Crippen LogP contribution in [0.2, 0.25) is 0 Å². The molecule has 1 aromatic carbocycles. The molecule has 0 aliphatic carbocycles. The Labute approximate surface area is 121 Å². The minimum absolute atomic E-state index is 0.297. The average molecular weight is 279 g/mol. The molecule has 106 valence electrons. The Kier molecular flexibility index (Phi) is 5.17. The van der Waals surface area contributed by atoms with E-state index in [-0.39, 0.29) is 0 Å². The van der Waals surface area contributed by atoms with Crippen molar-refractivity contribution in [2.45, 2.75) is 44.0 Å². The number of nitrogens with one attached hydrogen (secondary N) is 1. The smallest absolute Gasteiger partial charge is 0.123 e. The molecule has 1 aliphatic rings. The molecule has 3 heteroatoms. The molecule has 0 radical (unpaired) electrons. The third-order valence-corrected chi connectivity index (χ3v) is 5.84. The van der Waals surface area contributed by atoms with Crippen molar-refractivity contribution in [3.05, 3.63) is 29.8 Å². The molecule has 0 bridgehead atoms. The van der Waals surface area contributed by atoms with Crippen molar-refractivity contribution in [1.29, 1.82) is 0 Å². The molecule has 2 rings (SSSR count). The SMILES string of the molecule is CCC(CC)(CNCC1Cc2ccccc2O1)SC. The van der Waals surface area contributed by atoms with Crippen LogP contribution in [0.1, 0.15) is 32.3 Å². The maximum absolute atomic E-state index is 5.95. The second kappa shape index (κ2) is 6.67. The summed E-state index contributed by atoms with van der Waals surface area (Å²) in [6.45, 7) is 6.57. The van der Waals surface area contributed by atoms with Crippen molar-refractivity contribution in [3.8, 4) is 5.75 Å². The van der Waals surface area contributed by atoms with E-state index in [0.717, 1.165) is 25.3 Å². The van der Waals surface area contributed by atoms with Gasteiger partial charge >= 0.3 is 0 Å². The Bertz CT molecular complexity index is 370. The van der Waals surface area contributed by atoms with Crippen LogP contribution >= 0.6 is 11.8 Å². The fourth-order valence-electron chi connectivity index (χ4n) is 2.69. The summed E-state index contributed by atoms with van der Waals surface area (Å²) in [6, 6.07) is 8.37. The van der Waals surface area contributed by atoms with Crippen LogP contribution in [0.3, 0.4) is 0 Å².